The van der Waals surface area contributed by atoms with Crippen molar-refractivity contribution in [2.75, 3.05) is 11.1 Å². The van der Waals surface area contributed by atoms with Gasteiger partial charge in [-0.1, -0.05) is 6.92 Å². The molecule has 0 atom stereocenters. The first kappa shape index (κ1) is 13.0. The minimum absolute atomic E-state index is 0.126. The Morgan fingerprint density at radius 2 is 2.00 bits per heavy atom. The number of hydrogen-bond donors (Lipinski definition) is 1. The van der Waals surface area contributed by atoms with E-state index in [0.717, 1.165) is 10.6 Å². The van der Waals surface area contributed by atoms with Crippen molar-refractivity contribution in [1.82, 2.24) is 4.98 Å². The molecule has 4 nitrogen and oxygen atoms in total. The summed E-state index contributed by atoms with van der Waals surface area (Å²) in [6.45, 7) is 2.34. The molecule has 2 rings (SSSR count). The minimum Gasteiger partial charge on any atom is -0.380 e. The quantitative estimate of drug-likeness (QED) is 0.915. The van der Waals surface area contributed by atoms with Gasteiger partial charge in [-0.15, -0.1) is 11.3 Å². The van der Waals surface area contributed by atoms with Crippen LogP contribution in [0.15, 0.2) is 40.9 Å². The van der Waals surface area contributed by atoms with Gasteiger partial charge in [-0.2, -0.15) is 0 Å². The summed E-state index contributed by atoms with van der Waals surface area (Å²) in [7, 11) is -3.11. The van der Waals surface area contributed by atoms with Crippen LogP contribution in [-0.4, -0.2) is 19.2 Å². The molecule has 2 aromatic rings. The van der Waals surface area contributed by atoms with Crippen molar-refractivity contribution in [3.63, 3.8) is 0 Å². The van der Waals surface area contributed by atoms with Gasteiger partial charge in [0.2, 0.25) is 0 Å². The van der Waals surface area contributed by atoms with Crippen molar-refractivity contribution >= 4 is 26.9 Å². The third kappa shape index (κ3) is 3.08. The molecule has 0 fully saturated rings. The maximum atomic E-state index is 11.6. The molecule has 96 valence electrons. The van der Waals surface area contributed by atoms with E-state index in [4.69, 9.17) is 0 Å². The van der Waals surface area contributed by atoms with Crippen molar-refractivity contribution in [1.29, 1.82) is 0 Å². The normalized spacial score (nSPS) is 11.4. The van der Waals surface area contributed by atoms with Crippen LogP contribution in [0.25, 0.3) is 0 Å². The van der Waals surface area contributed by atoms with E-state index < -0.39 is 9.84 Å². The molecule has 1 N–H and O–H groups in total. The molecule has 18 heavy (non-hydrogen) atoms. The zero-order chi connectivity index (χ0) is 13.0. The van der Waals surface area contributed by atoms with Crippen LogP contribution in [0.4, 0.5) is 5.69 Å². The highest BCUT2D eigenvalue weighted by atomic mass is 32.2. The van der Waals surface area contributed by atoms with E-state index in [-0.39, 0.29) is 5.75 Å². The Morgan fingerprint density at radius 1 is 1.28 bits per heavy atom. The molecule has 0 saturated carbocycles. The summed E-state index contributed by atoms with van der Waals surface area (Å²) in [5.74, 6) is 0.126. The first-order valence-electron chi connectivity index (χ1n) is 5.56. The maximum Gasteiger partial charge on any atom is 0.178 e. The van der Waals surface area contributed by atoms with E-state index in [1.165, 1.54) is 0 Å². The number of hydrogen-bond acceptors (Lipinski definition) is 5. The molecule has 0 saturated heterocycles. The molecular weight excluding hydrogens is 268 g/mol. The molecule has 1 aromatic carbocycles. The number of sulfone groups is 1. The lowest BCUT2D eigenvalue weighted by Crippen LogP contribution is -2.04. The zero-order valence-corrected chi connectivity index (χ0v) is 11.6. The Kier molecular flexibility index (Phi) is 3.98. The second-order valence-corrected chi connectivity index (χ2v) is 7.00. The van der Waals surface area contributed by atoms with Crippen LogP contribution in [0.3, 0.4) is 0 Å². The van der Waals surface area contributed by atoms with Crippen LogP contribution < -0.4 is 5.32 Å². The molecule has 1 aromatic heterocycles. The van der Waals surface area contributed by atoms with E-state index in [9.17, 15) is 8.42 Å². The minimum atomic E-state index is -3.11. The lowest BCUT2D eigenvalue weighted by atomic mass is 10.3. The molecule has 0 amide bonds. The standard InChI is InChI=1S/C12H14N2O2S2/c1-2-18(15,16)12-5-3-10(4-6-12)14-8-11-7-13-9-17-11/h3-7,9,14H,2,8H2,1H3. The average molecular weight is 282 g/mol. The molecule has 0 aliphatic carbocycles. The number of benzene rings is 1. The molecule has 0 aliphatic rings. The third-order valence-electron chi connectivity index (χ3n) is 2.54. The van der Waals surface area contributed by atoms with Gasteiger partial charge in [-0.3, -0.25) is 4.98 Å². The summed E-state index contributed by atoms with van der Waals surface area (Å²) < 4.78 is 23.3. The first-order chi connectivity index (χ1) is 8.62. The number of aromatic nitrogens is 1. The van der Waals surface area contributed by atoms with E-state index in [2.05, 4.69) is 10.3 Å². The van der Waals surface area contributed by atoms with Crippen molar-refractivity contribution in [2.45, 2.75) is 18.4 Å². The summed E-state index contributed by atoms with van der Waals surface area (Å²) >= 11 is 1.58. The fourth-order valence-electron chi connectivity index (χ4n) is 1.47. The lowest BCUT2D eigenvalue weighted by Gasteiger charge is -2.06. The number of anilines is 1. The molecule has 0 unspecified atom stereocenters. The van der Waals surface area contributed by atoms with Crippen LogP contribution in [0.1, 0.15) is 11.8 Å². The molecule has 1 heterocycles. The topological polar surface area (TPSA) is 59.1 Å². The highest BCUT2D eigenvalue weighted by molar-refractivity contribution is 7.91. The van der Waals surface area contributed by atoms with E-state index >= 15 is 0 Å². The van der Waals surface area contributed by atoms with E-state index in [0.29, 0.717) is 11.4 Å². The average Bonchev–Trinajstić information content (AvgIpc) is 2.90. The number of nitrogens with zero attached hydrogens (tertiary/aromatic N) is 1. The largest absolute Gasteiger partial charge is 0.380 e. The summed E-state index contributed by atoms with van der Waals surface area (Å²) in [6, 6.07) is 6.83. The number of rotatable bonds is 5. The van der Waals surface area contributed by atoms with Gasteiger partial charge in [0.05, 0.1) is 22.7 Å². The lowest BCUT2D eigenvalue weighted by molar-refractivity contribution is 0.597. The van der Waals surface area contributed by atoms with Crippen LogP contribution >= 0.6 is 11.3 Å². The molecule has 0 radical (unpaired) electrons. The fourth-order valence-corrected chi connectivity index (χ4v) is 2.88. The van der Waals surface area contributed by atoms with Gasteiger partial charge in [0.15, 0.2) is 9.84 Å². The first-order valence-corrected chi connectivity index (χ1v) is 8.09. The zero-order valence-electron chi connectivity index (χ0n) is 9.96. The SMILES string of the molecule is CCS(=O)(=O)c1ccc(NCc2cncs2)cc1. The van der Waals surface area contributed by atoms with Gasteiger partial charge in [0.1, 0.15) is 0 Å². The highest BCUT2D eigenvalue weighted by Crippen LogP contribution is 2.16. The maximum absolute atomic E-state index is 11.6. The van der Waals surface area contributed by atoms with E-state index in [1.54, 1.807) is 48.0 Å². The van der Waals surface area contributed by atoms with Crippen molar-refractivity contribution in [2.24, 2.45) is 0 Å². The van der Waals surface area contributed by atoms with Crippen LogP contribution in [-0.2, 0) is 16.4 Å². The van der Waals surface area contributed by atoms with Crippen LogP contribution in [0.2, 0.25) is 0 Å². The van der Waals surface area contributed by atoms with Gasteiger partial charge >= 0.3 is 0 Å². The summed E-state index contributed by atoms with van der Waals surface area (Å²) in [4.78, 5) is 5.50. The Balaban J connectivity index is 2.04. The molecule has 6 heteroatoms. The third-order valence-corrected chi connectivity index (χ3v) is 5.07. The molecule has 0 aliphatic heterocycles. The Hall–Kier alpha value is -1.40. The number of nitrogens with one attached hydrogen (secondary N) is 1. The van der Waals surface area contributed by atoms with E-state index in [1.807, 2.05) is 6.20 Å². The molecule has 0 bridgehead atoms. The second-order valence-electron chi connectivity index (χ2n) is 3.75. The Bertz CT molecular complexity index is 590. The summed E-state index contributed by atoms with van der Waals surface area (Å²) in [5, 5.41) is 3.22. The van der Waals surface area contributed by atoms with Gasteiger partial charge < -0.3 is 5.32 Å². The fraction of sp³-hybridized carbons (Fsp3) is 0.250. The molecule has 0 spiro atoms. The predicted octanol–water partition coefficient (Wildman–Crippen LogP) is 2.55. The highest BCUT2D eigenvalue weighted by Gasteiger charge is 2.10. The van der Waals surface area contributed by atoms with Gasteiger partial charge in [-0.25, -0.2) is 8.42 Å². The van der Waals surface area contributed by atoms with Crippen LogP contribution in [0, 0.1) is 0 Å². The predicted molar refractivity (Wildman–Crippen MR) is 73.6 cm³/mol. The Morgan fingerprint density at radius 3 is 2.56 bits per heavy atom. The van der Waals surface area contributed by atoms with Crippen molar-refractivity contribution in [3.8, 4) is 0 Å². The smallest absolute Gasteiger partial charge is 0.178 e. The van der Waals surface area contributed by atoms with Crippen molar-refractivity contribution in [3.05, 3.63) is 40.8 Å². The molecular formula is C12H14N2O2S2. The monoisotopic (exact) mass is 282 g/mol. The second kappa shape index (κ2) is 5.49. The van der Waals surface area contributed by atoms with Gasteiger partial charge in [0.25, 0.3) is 0 Å². The van der Waals surface area contributed by atoms with Crippen molar-refractivity contribution < 1.29 is 8.42 Å². The van der Waals surface area contributed by atoms with Gasteiger partial charge in [-0.05, 0) is 24.3 Å². The summed E-state index contributed by atoms with van der Waals surface area (Å²) in [5.41, 5.74) is 2.69. The van der Waals surface area contributed by atoms with Crippen LogP contribution in [0.5, 0.6) is 0 Å². The summed E-state index contributed by atoms with van der Waals surface area (Å²) in [6.07, 6.45) is 1.81. The number of thiazole rings is 1. The van der Waals surface area contributed by atoms with Gasteiger partial charge in [0, 0.05) is 16.8 Å². The Labute approximate surface area is 111 Å².